The van der Waals surface area contributed by atoms with E-state index in [0.717, 1.165) is 12.0 Å². The lowest BCUT2D eigenvalue weighted by Crippen LogP contribution is -2.46. The summed E-state index contributed by atoms with van der Waals surface area (Å²) in [6, 6.07) is 1.44. The van der Waals surface area contributed by atoms with Crippen LogP contribution in [0.2, 0.25) is 0 Å². The van der Waals surface area contributed by atoms with Gasteiger partial charge in [0.1, 0.15) is 0 Å². The van der Waals surface area contributed by atoms with E-state index in [0.29, 0.717) is 6.04 Å². The third-order valence-corrected chi connectivity index (χ3v) is 3.51. The van der Waals surface area contributed by atoms with Crippen LogP contribution in [0.15, 0.2) is 0 Å². The molecule has 0 saturated carbocycles. The first kappa shape index (κ1) is 12.0. The van der Waals surface area contributed by atoms with E-state index in [9.17, 15) is 0 Å². The first-order chi connectivity index (χ1) is 6.50. The number of rotatable bonds is 1. The van der Waals surface area contributed by atoms with Crippen molar-refractivity contribution in [3.05, 3.63) is 0 Å². The highest BCUT2D eigenvalue weighted by molar-refractivity contribution is 4.76. The number of likely N-dealkylation sites (N-methyl/N-ethyl adjacent to an activating group) is 1. The van der Waals surface area contributed by atoms with Crippen molar-refractivity contribution in [2.45, 2.75) is 46.2 Å². The molecule has 1 fully saturated rings. The van der Waals surface area contributed by atoms with Gasteiger partial charge in [-0.2, -0.15) is 0 Å². The molecule has 2 nitrogen and oxygen atoms in total. The van der Waals surface area contributed by atoms with Crippen LogP contribution >= 0.6 is 0 Å². The van der Waals surface area contributed by atoms with Gasteiger partial charge in [0.05, 0.1) is 0 Å². The van der Waals surface area contributed by atoms with Crippen LogP contribution in [-0.2, 0) is 0 Å². The molecule has 1 saturated heterocycles. The summed E-state index contributed by atoms with van der Waals surface area (Å²) in [4.78, 5) is 5.10. The summed E-state index contributed by atoms with van der Waals surface area (Å²) in [5.41, 5.74) is 0. The Morgan fingerprint density at radius 3 is 2.36 bits per heavy atom. The van der Waals surface area contributed by atoms with E-state index in [1.54, 1.807) is 0 Å². The molecule has 0 aromatic carbocycles. The van der Waals surface area contributed by atoms with Crippen molar-refractivity contribution in [3.8, 4) is 0 Å². The molecule has 0 bridgehead atoms. The van der Waals surface area contributed by atoms with Gasteiger partial charge in [-0.1, -0.05) is 6.92 Å². The molecular formula is C12H26N2. The Morgan fingerprint density at radius 1 is 1.14 bits per heavy atom. The van der Waals surface area contributed by atoms with E-state index in [2.05, 4.69) is 44.5 Å². The van der Waals surface area contributed by atoms with Crippen molar-refractivity contribution in [1.82, 2.24) is 9.80 Å². The topological polar surface area (TPSA) is 6.48 Å². The molecule has 0 N–H and O–H groups in total. The standard InChI is InChI=1S/C12H26N2/c1-10(2)14-7-6-13(5)12(4)8-11(3)9-14/h10-12H,6-9H2,1-5H3. The van der Waals surface area contributed by atoms with Crippen LogP contribution in [0, 0.1) is 5.92 Å². The van der Waals surface area contributed by atoms with Gasteiger partial charge in [-0.15, -0.1) is 0 Å². The Bertz CT molecular complexity index is 168. The van der Waals surface area contributed by atoms with E-state index in [1.165, 1.54) is 26.1 Å². The van der Waals surface area contributed by atoms with Crippen molar-refractivity contribution in [3.63, 3.8) is 0 Å². The lowest BCUT2D eigenvalue weighted by Gasteiger charge is -2.37. The summed E-state index contributed by atoms with van der Waals surface area (Å²) in [6.07, 6.45) is 1.33. The van der Waals surface area contributed by atoms with Gasteiger partial charge >= 0.3 is 0 Å². The van der Waals surface area contributed by atoms with E-state index >= 15 is 0 Å². The minimum Gasteiger partial charge on any atom is -0.302 e. The molecule has 2 heteroatoms. The van der Waals surface area contributed by atoms with E-state index in [-0.39, 0.29) is 0 Å². The fourth-order valence-electron chi connectivity index (χ4n) is 2.30. The van der Waals surface area contributed by atoms with Gasteiger partial charge in [-0.05, 0) is 40.2 Å². The Balaban J connectivity index is 2.54. The Labute approximate surface area is 89.3 Å². The first-order valence-corrected chi connectivity index (χ1v) is 5.95. The van der Waals surface area contributed by atoms with Crippen molar-refractivity contribution in [2.24, 2.45) is 5.92 Å². The molecule has 2 unspecified atom stereocenters. The second-order valence-electron chi connectivity index (χ2n) is 5.26. The van der Waals surface area contributed by atoms with Gasteiger partial charge in [-0.3, -0.25) is 4.90 Å². The molecule has 0 amide bonds. The predicted octanol–water partition coefficient (Wildman–Crippen LogP) is 2.06. The molecule has 14 heavy (non-hydrogen) atoms. The van der Waals surface area contributed by atoms with Gasteiger partial charge in [0, 0.05) is 31.7 Å². The molecule has 1 rings (SSSR count). The molecule has 1 heterocycles. The Morgan fingerprint density at radius 2 is 1.79 bits per heavy atom. The van der Waals surface area contributed by atoms with Crippen LogP contribution in [0.4, 0.5) is 0 Å². The summed E-state index contributed by atoms with van der Waals surface area (Å²) in [6.45, 7) is 13.0. The minimum absolute atomic E-state index is 0.694. The van der Waals surface area contributed by atoms with Crippen molar-refractivity contribution < 1.29 is 0 Å². The largest absolute Gasteiger partial charge is 0.302 e. The van der Waals surface area contributed by atoms with Crippen LogP contribution in [0.25, 0.3) is 0 Å². The number of hydrogen-bond donors (Lipinski definition) is 0. The maximum atomic E-state index is 2.60. The normalized spacial score (nSPS) is 33.0. The Hall–Kier alpha value is -0.0800. The zero-order chi connectivity index (χ0) is 10.7. The average molecular weight is 198 g/mol. The van der Waals surface area contributed by atoms with Crippen molar-refractivity contribution >= 4 is 0 Å². The van der Waals surface area contributed by atoms with Gasteiger partial charge in [0.15, 0.2) is 0 Å². The van der Waals surface area contributed by atoms with Gasteiger partial charge < -0.3 is 4.90 Å². The first-order valence-electron chi connectivity index (χ1n) is 5.95. The summed E-state index contributed by atoms with van der Waals surface area (Å²) in [7, 11) is 2.25. The average Bonchev–Trinajstić information content (AvgIpc) is 2.09. The second-order valence-corrected chi connectivity index (χ2v) is 5.26. The molecular weight excluding hydrogens is 172 g/mol. The monoisotopic (exact) mass is 198 g/mol. The third-order valence-electron chi connectivity index (χ3n) is 3.51. The number of hydrogen-bond acceptors (Lipinski definition) is 2. The molecule has 0 radical (unpaired) electrons. The van der Waals surface area contributed by atoms with Crippen molar-refractivity contribution in [2.75, 3.05) is 26.7 Å². The number of nitrogens with zero attached hydrogens (tertiary/aromatic N) is 2. The molecule has 2 atom stereocenters. The second kappa shape index (κ2) is 5.13. The summed E-state index contributed by atoms with van der Waals surface area (Å²) < 4.78 is 0. The summed E-state index contributed by atoms with van der Waals surface area (Å²) in [5, 5.41) is 0. The molecule has 84 valence electrons. The van der Waals surface area contributed by atoms with Crippen LogP contribution in [-0.4, -0.2) is 48.6 Å². The van der Waals surface area contributed by atoms with Crippen LogP contribution in [0.1, 0.15) is 34.1 Å². The van der Waals surface area contributed by atoms with Crippen molar-refractivity contribution in [1.29, 1.82) is 0 Å². The van der Waals surface area contributed by atoms with Gasteiger partial charge in [-0.25, -0.2) is 0 Å². The smallest absolute Gasteiger partial charge is 0.0112 e. The summed E-state index contributed by atoms with van der Waals surface area (Å²) >= 11 is 0. The zero-order valence-electron chi connectivity index (χ0n) is 10.5. The van der Waals surface area contributed by atoms with Crippen LogP contribution < -0.4 is 0 Å². The minimum atomic E-state index is 0.694. The predicted molar refractivity (Wildman–Crippen MR) is 62.6 cm³/mol. The highest BCUT2D eigenvalue weighted by atomic mass is 15.2. The molecule has 1 aliphatic rings. The highest BCUT2D eigenvalue weighted by Gasteiger charge is 2.21. The maximum absolute atomic E-state index is 2.60. The molecule has 0 aliphatic carbocycles. The van der Waals surface area contributed by atoms with Crippen LogP contribution in [0.5, 0.6) is 0 Å². The summed E-state index contributed by atoms with van der Waals surface area (Å²) in [5.74, 6) is 0.829. The SMILES string of the molecule is CC1CC(C)N(C)CCN(C(C)C)C1. The quantitative estimate of drug-likeness (QED) is 0.636. The fraction of sp³-hybridized carbons (Fsp3) is 1.00. The molecule has 0 aromatic heterocycles. The highest BCUT2D eigenvalue weighted by Crippen LogP contribution is 2.16. The van der Waals surface area contributed by atoms with Crippen LogP contribution in [0.3, 0.4) is 0 Å². The zero-order valence-corrected chi connectivity index (χ0v) is 10.5. The van der Waals surface area contributed by atoms with E-state index < -0.39 is 0 Å². The van der Waals surface area contributed by atoms with Gasteiger partial charge in [0.2, 0.25) is 0 Å². The van der Waals surface area contributed by atoms with Gasteiger partial charge in [0.25, 0.3) is 0 Å². The third kappa shape index (κ3) is 3.25. The molecule has 1 aliphatic heterocycles. The van der Waals surface area contributed by atoms with E-state index in [1.807, 2.05) is 0 Å². The lowest BCUT2D eigenvalue weighted by atomic mass is 9.99. The molecule has 0 spiro atoms. The lowest BCUT2D eigenvalue weighted by molar-refractivity contribution is 0.108. The fourth-order valence-corrected chi connectivity index (χ4v) is 2.30. The molecule has 0 aromatic rings. The maximum Gasteiger partial charge on any atom is 0.0112 e. The van der Waals surface area contributed by atoms with E-state index in [4.69, 9.17) is 0 Å². The Kier molecular flexibility index (Phi) is 4.39.